The smallest absolute Gasteiger partial charge is 0.364 e. The summed E-state index contributed by atoms with van der Waals surface area (Å²) < 4.78 is 6.17. The minimum absolute atomic E-state index is 0.142. The maximum Gasteiger partial charge on any atom is 0.364 e. The SMILES string of the molecule is COc1ccc(-c2cnn(CCO)c(=O)n2)cc1. The fourth-order valence-electron chi connectivity index (χ4n) is 1.51. The summed E-state index contributed by atoms with van der Waals surface area (Å²) in [4.78, 5) is 15.5. The average Bonchev–Trinajstić information content (AvgIpc) is 2.41. The Morgan fingerprint density at radius 2 is 2.06 bits per heavy atom. The lowest BCUT2D eigenvalue weighted by atomic mass is 10.1. The first-order chi connectivity index (χ1) is 8.74. The van der Waals surface area contributed by atoms with Gasteiger partial charge in [-0.25, -0.2) is 9.48 Å². The first kappa shape index (κ1) is 12.3. The zero-order valence-electron chi connectivity index (χ0n) is 9.91. The highest BCUT2D eigenvalue weighted by molar-refractivity contribution is 5.58. The molecule has 0 bridgehead atoms. The van der Waals surface area contributed by atoms with E-state index in [0.717, 1.165) is 16.0 Å². The standard InChI is InChI=1S/C12H13N3O3/c1-18-10-4-2-9(3-5-10)11-8-13-15(6-7-16)12(17)14-11/h2-5,8,16H,6-7H2,1H3. The Kier molecular flexibility index (Phi) is 3.69. The van der Waals surface area contributed by atoms with E-state index in [4.69, 9.17) is 9.84 Å². The van der Waals surface area contributed by atoms with Gasteiger partial charge in [0.1, 0.15) is 5.75 Å². The van der Waals surface area contributed by atoms with E-state index in [2.05, 4.69) is 10.1 Å². The number of rotatable bonds is 4. The molecule has 0 amide bonds. The Balaban J connectivity index is 2.33. The fourth-order valence-corrected chi connectivity index (χ4v) is 1.51. The van der Waals surface area contributed by atoms with Crippen LogP contribution in [0.1, 0.15) is 0 Å². The van der Waals surface area contributed by atoms with Crippen molar-refractivity contribution < 1.29 is 9.84 Å². The molecule has 0 spiro atoms. The first-order valence-corrected chi connectivity index (χ1v) is 5.44. The predicted octanol–water partition coefficient (Wildman–Crippen LogP) is 0.306. The van der Waals surface area contributed by atoms with E-state index in [-0.39, 0.29) is 13.2 Å². The molecule has 6 nitrogen and oxygen atoms in total. The maximum atomic E-state index is 11.6. The van der Waals surface area contributed by atoms with Crippen molar-refractivity contribution in [3.63, 3.8) is 0 Å². The van der Waals surface area contributed by atoms with Gasteiger partial charge in [-0.1, -0.05) is 0 Å². The summed E-state index contributed by atoms with van der Waals surface area (Å²) in [6, 6.07) is 7.18. The average molecular weight is 247 g/mol. The molecule has 6 heteroatoms. The summed E-state index contributed by atoms with van der Waals surface area (Å²) in [6.07, 6.45) is 1.50. The Labute approximate surface area is 103 Å². The molecule has 0 saturated heterocycles. The Morgan fingerprint density at radius 1 is 1.33 bits per heavy atom. The second-order valence-corrected chi connectivity index (χ2v) is 3.60. The van der Waals surface area contributed by atoms with Gasteiger partial charge >= 0.3 is 5.69 Å². The Hall–Kier alpha value is -2.21. The summed E-state index contributed by atoms with van der Waals surface area (Å²) in [5.41, 5.74) is 0.811. The van der Waals surface area contributed by atoms with Gasteiger partial charge in [0.25, 0.3) is 0 Å². The number of methoxy groups -OCH3 is 1. The molecule has 0 radical (unpaired) electrons. The van der Waals surface area contributed by atoms with Gasteiger partial charge in [0.15, 0.2) is 0 Å². The Bertz CT molecular complexity index is 578. The molecule has 1 aromatic carbocycles. The van der Waals surface area contributed by atoms with Crippen molar-refractivity contribution >= 4 is 0 Å². The van der Waals surface area contributed by atoms with Crippen molar-refractivity contribution in [1.82, 2.24) is 14.8 Å². The van der Waals surface area contributed by atoms with Crippen LogP contribution in [0.2, 0.25) is 0 Å². The number of hydrogen-bond acceptors (Lipinski definition) is 5. The van der Waals surface area contributed by atoms with Gasteiger partial charge in [0.05, 0.1) is 32.2 Å². The normalized spacial score (nSPS) is 10.3. The fraction of sp³-hybridized carbons (Fsp3) is 0.250. The monoisotopic (exact) mass is 247 g/mol. The molecule has 0 saturated carbocycles. The van der Waals surface area contributed by atoms with E-state index in [9.17, 15) is 4.79 Å². The second kappa shape index (κ2) is 5.42. The number of nitrogens with zero attached hydrogens (tertiary/aromatic N) is 3. The number of ether oxygens (including phenoxy) is 1. The molecule has 0 fully saturated rings. The molecule has 0 unspecified atom stereocenters. The van der Waals surface area contributed by atoms with Crippen LogP contribution in [0.15, 0.2) is 35.3 Å². The summed E-state index contributed by atoms with van der Waals surface area (Å²) in [5, 5.41) is 12.7. The third-order valence-corrected chi connectivity index (χ3v) is 2.45. The van der Waals surface area contributed by atoms with Crippen LogP contribution in [0.4, 0.5) is 0 Å². The van der Waals surface area contributed by atoms with Crippen molar-refractivity contribution in [2.75, 3.05) is 13.7 Å². The maximum absolute atomic E-state index is 11.6. The van der Waals surface area contributed by atoms with Gasteiger partial charge in [-0.05, 0) is 24.3 Å². The molecule has 1 heterocycles. The number of hydrogen-bond donors (Lipinski definition) is 1. The van der Waals surface area contributed by atoms with Gasteiger partial charge < -0.3 is 9.84 Å². The van der Waals surface area contributed by atoms with Crippen LogP contribution in [0.3, 0.4) is 0 Å². The largest absolute Gasteiger partial charge is 0.497 e. The summed E-state index contributed by atoms with van der Waals surface area (Å²) in [5.74, 6) is 0.736. The highest BCUT2D eigenvalue weighted by Crippen LogP contribution is 2.18. The molecule has 0 aliphatic carbocycles. The molecule has 1 N–H and O–H groups in total. The van der Waals surface area contributed by atoms with Gasteiger partial charge in [-0.15, -0.1) is 0 Å². The van der Waals surface area contributed by atoms with Crippen LogP contribution in [-0.2, 0) is 6.54 Å². The quantitative estimate of drug-likeness (QED) is 0.841. The topological polar surface area (TPSA) is 77.2 Å². The van der Waals surface area contributed by atoms with E-state index in [0.29, 0.717) is 5.69 Å². The molecular weight excluding hydrogens is 234 g/mol. The van der Waals surface area contributed by atoms with E-state index in [1.807, 2.05) is 0 Å². The van der Waals surface area contributed by atoms with Crippen LogP contribution < -0.4 is 10.4 Å². The van der Waals surface area contributed by atoms with Crippen molar-refractivity contribution in [3.8, 4) is 17.0 Å². The second-order valence-electron chi connectivity index (χ2n) is 3.60. The minimum atomic E-state index is -0.475. The summed E-state index contributed by atoms with van der Waals surface area (Å²) in [6.45, 7) is 0.00515. The van der Waals surface area contributed by atoms with Gasteiger partial charge in [-0.3, -0.25) is 0 Å². The molecule has 0 atom stereocenters. The number of aliphatic hydroxyl groups is 1. The lowest BCUT2D eigenvalue weighted by Gasteiger charge is -2.04. The highest BCUT2D eigenvalue weighted by Gasteiger charge is 2.04. The Morgan fingerprint density at radius 3 is 2.61 bits per heavy atom. The third kappa shape index (κ3) is 2.54. The highest BCUT2D eigenvalue weighted by atomic mass is 16.5. The predicted molar refractivity (Wildman–Crippen MR) is 65.4 cm³/mol. The van der Waals surface area contributed by atoms with E-state index < -0.39 is 5.69 Å². The molecule has 0 aliphatic heterocycles. The van der Waals surface area contributed by atoms with Crippen molar-refractivity contribution in [3.05, 3.63) is 40.9 Å². The molecule has 2 aromatic rings. The summed E-state index contributed by atoms with van der Waals surface area (Å²) in [7, 11) is 1.59. The molecule has 2 rings (SSSR count). The van der Waals surface area contributed by atoms with E-state index in [1.54, 1.807) is 31.4 Å². The van der Waals surface area contributed by atoms with Crippen molar-refractivity contribution in [2.45, 2.75) is 6.54 Å². The molecule has 1 aromatic heterocycles. The minimum Gasteiger partial charge on any atom is -0.497 e. The van der Waals surface area contributed by atoms with Crippen LogP contribution in [0.5, 0.6) is 5.75 Å². The van der Waals surface area contributed by atoms with Crippen LogP contribution in [-0.4, -0.2) is 33.6 Å². The lowest BCUT2D eigenvalue weighted by molar-refractivity contribution is 0.265. The van der Waals surface area contributed by atoms with Gasteiger partial charge in [0, 0.05) is 5.56 Å². The van der Waals surface area contributed by atoms with Crippen LogP contribution in [0.25, 0.3) is 11.3 Å². The molecule has 0 aliphatic rings. The lowest BCUT2D eigenvalue weighted by Crippen LogP contribution is -2.26. The number of aromatic nitrogens is 3. The van der Waals surface area contributed by atoms with Gasteiger partial charge in [0.2, 0.25) is 0 Å². The van der Waals surface area contributed by atoms with Gasteiger partial charge in [-0.2, -0.15) is 10.1 Å². The molecular formula is C12H13N3O3. The molecule has 94 valence electrons. The zero-order valence-corrected chi connectivity index (χ0v) is 9.91. The zero-order chi connectivity index (χ0) is 13.0. The number of benzene rings is 1. The van der Waals surface area contributed by atoms with Crippen molar-refractivity contribution in [2.24, 2.45) is 0 Å². The third-order valence-electron chi connectivity index (χ3n) is 2.45. The van der Waals surface area contributed by atoms with E-state index >= 15 is 0 Å². The first-order valence-electron chi connectivity index (χ1n) is 5.44. The molecule has 18 heavy (non-hydrogen) atoms. The summed E-state index contributed by atoms with van der Waals surface area (Å²) >= 11 is 0. The van der Waals surface area contributed by atoms with Crippen LogP contribution >= 0.6 is 0 Å². The van der Waals surface area contributed by atoms with Crippen LogP contribution in [0, 0.1) is 0 Å². The number of aliphatic hydroxyl groups excluding tert-OH is 1. The van der Waals surface area contributed by atoms with Crippen molar-refractivity contribution in [1.29, 1.82) is 0 Å². The van der Waals surface area contributed by atoms with E-state index in [1.165, 1.54) is 6.20 Å².